The molecule has 140 valence electrons. The number of piperidine rings is 1. The second-order valence-electron chi connectivity index (χ2n) is 6.50. The number of anilines is 1. The maximum absolute atomic E-state index is 12.9. The lowest BCUT2D eigenvalue weighted by molar-refractivity contribution is -0.121. The number of hydrogen-bond donors (Lipinski definition) is 1. The molecule has 0 radical (unpaired) electrons. The number of amides is 2. The van der Waals surface area contributed by atoms with Gasteiger partial charge in [-0.2, -0.15) is 0 Å². The second kappa shape index (κ2) is 7.40. The Morgan fingerprint density at radius 2 is 2.11 bits per heavy atom. The minimum atomic E-state index is -0.134. The van der Waals surface area contributed by atoms with Crippen molar-refractivity contribution in [2.45, 2.75) is 19.8 Å². The van der Waals surface area contributed by atoms with Crippen molar-refractivity contribution in [2.24, 2.45) is 5.92 Å². The van der Waals surface area contributed by atoms with Crippen LogP contribution in [0.5, 0.6) is 0 Å². The Morgan fingerprint density at radius 3 is 2.81 bits per heavy atom. The highest BCUT2D eigenvalue weighted by Crippen LogP contribution is 2.30. The fraction of sp³-hybridized carbons (Fsp3) is 0.333. The maximum atomic E-state index is 12.9. The summed E-state index contributed by atoms with van der Waals surface area (Å²) in [6.45, 7) is 2.94. The quantitative estimate of drug-likeness (QED) is 0.657. The molecule has 7 nitrogen and oxygen atoms in total. The lowest BCUT2D eigenvalue weighted by Gasteiger charge is -2.30. The van der Waals surface area contributed by atoms with E-state index < -0.39 is 0 Å². The predicted molar refractivity (Wildman–Crippen MR) is 106 cm³/mol. The molecule has 0 unspecified atom stereocenters. The van der Waals surface area contributed by atoms with Gasteiger partial charge in [0.05, 0.1) is 0 Å². The van der Waals surface area contributed by atoms with Crippen LogP contribution in [0.2, 0.25) is 0 Å². The van der Waals surface area contributed by atoms with E-state index in [1.807, 2.05) is 25.1 Å². The molecule has 0 bridgehead atoms. The van der Waals surface area contributed by atoms with Crippen LogP contribution in [0.15, 0.2) is 32.6 Å². The number of aryl methyl sites for hydroxylation is 1. The summed E-state index contributed by atoms with van der Waals surface area (Å²) >= 11 is 4.74. The van der Waals surface area contributed by atoms with Gasteiger partial charge in [0.15, 0.2) is 5.76 Å². The van der Waals surface area contributed by atoms with E-state index in [0.717, 1.165) is 15.4 Å². The molecule has 1 aliphatic rings. The van der Waals surface area contributed by atoms with Crippen LogP contribution >= 0.6 is 27.3 Å². The summed E-state index contributed by atoms with van der Waals surface area (Å²) in [6, 6.07) is 5.70. The predicted octanol–water partition coefficient (Wildman–Crippen LogP) is 3.85. The molecule has 1 saturated heterocycles. The number of likely N-dealkylation sites (tertiary alicyclic amines) is 1. The summed E-state index contributed by atoms with van der Waals surface area (Å²) < 4.78 is 6.75. The third-order valence-corrected chi connectivity index (χ3v) is 5.94. The van der Waals surface area contributed by atoms with E-state index in [1.165, 1.54) is 11.3 Å². The SMILES string of the molecule is Cc1c(C(=O)N2CCC(C(=O)Nc3nncs3)CC2)oc2ccc(Br)cc12. The van der Waals surface area contributed by atoms with Gasteiger partial charge >= 0.3 is 0 Å². The van der Waals surface area contributed by atoms with Gasteiger partial charge in [-0.15, -0.1) is 10.2 Å². The standard InChI is InChI=1S/C18H17BrN4O3S/c1-10-13-8-12(19)2-3-14(13)26-15(10)17(25)23-6-4-11(5-7-23)16(24)21-18-22-20-9-27-18/h2-3,8-9,11H,4-7H2,1H3,(H,21,22,24). The van der Waals surface area contributed by atoms with Gasteiger partial charge < -0.3 is 14.6 Å². The first-order valence-electron chi connectivity index (χ1n) is 8.58. The highest BCUT2D eigenvalue weighted by Gasteiger charge is 2.30. The van der Waals surface area contributed by atoms with Crippen molar-refractivity contribution in [2.75, 3.05) is 18.4 Å². The molecular formula is C18H17BrN4O3S. The first-order valence-corrected chi connectivity index (χ1v) is 10.2. The normalized spacial score (nSPS) is 15.3. The average molecular weight is 449 g/mol. The average Bonchev–Trinajstić information content (AvgIpc) is 3.29. The minimum Gasteiger partial charge on any atom is -0.451 e. The number of fused-ring (bicyclic) bond motifs is 1. The molecule has 3 heterocycles. The summed E-state index contributed by atoms with van der Waals surface area (Å²) in [5.41, 5.74) is 3.11. The van der Waals surface area contributed by atoms with E-state index in [0.29, 0.717) is 42.4 Å². The smallest absolute Gasteiger partial charge is 0.289 e. The number of hydrogen-bond acceptors (Lipinski definition) is 6. The van der Waals surface area contributed by atoms with E-state index in [1.54, 1.807) is 10.4 Å². The number of nitrogens with one attached hydrogen (secondary N) is 1. The second-order valence-corrected chi connectivity index (χ2v) is 8.25. The van der Waals surface area contributed by atoms with Crippen molar-refractivity contribution in [1.29, 1.82) is 0 Å². The molecule has 1 aliphatic heterocycles. The summed E-state index contributed by atoms with van der Waals surface area (Å²) in [5.74, 6) is 0.0527. The van der Waals surface area contributed by atoms with Crippen molar-refractivity contribution < 1.29 is 14.0 Å². The fourth-order valence-electron chi connectivity index (χ4n) is 3.32. The van der Waals surface area contributed by atoms with E-state index in [2.05, 4.69) is 31.4 Å². The van der Waals surface area contributed by atoms with E-state index in [4.69, 9.17) is 4.42 Å². The Balaban J connectivity index is 1.43. The monoisotopic (exact) mass is 448 g/mol. The molecule has 2 amide bonds. The van der Waals surface area contributed by atoms with Crippen LogP contribution in [-0.4, -0.2) is 40.0 Å². The largest absolute Gasteiger partial charge is 0.451 e. The van der Waals surface area contributed by atoms with Crippen LogP contribution in [0.4, 0.5) is 5.13 Å². The van der Waals surface area contributed by atoms with Crippen LogP contribution in [-0.2, 0) is 4.79 Å². The molecule has 2 aromatic heterocycles. The first-order chi connectivity index (χ1) is 13.0. The highest BCUT2D eigenvalue weighted by molar-refractivity contribution is 9.10. The zero-order valence-corrected chi connectivity index (χ0v) is 17.0. The number of carbonyl (C=O) groups is 2. The van der Waals surface area contributed by atoms with Crippen LogP contribution in [0, 0.1) is 12.8 Å². The zero-order chi connectivity index (χ0) is 19.0. The van der Waals surface area contributed by atoms with Gasteiger partial charge in [-0.25, -0.2) is 0 Å². The number of nitrogens with zero attached hydrogens (tertiary/aromatic N) is 3. The molecule has 1 aromatic carbocycles. The summed E-state index contributed by atoms with van der Waals surface area (Å²) in [7, 11) is 0. The first kappa shape index (κ1) is 18.1. The van der Waals surface area contributed by atoms with Crippen LogP contribution < -0.4 is 5.32 Å². The van der Waals surface area contributed by atoms with Gasteiger partial charge in [0.25, 0.3) is 5.91 Å². The molecule has 9 heteroatoms. The third-order valence-electron chi connectivity index (χ3n) is 4.84. The van der Waals surface area contributed by atoms with Gasteiger partial charge in [-0.1, -0.05) is 27.3 Å². The van der Waals surface area contributed by atoms with Crippen LogP contribution in [0.25, 0.3) is 11.0 Å². The Kier molecular flexibility index (Phi) is 4.96. The van der Waals surface area contributed by atoms with Crippen LogP contribution in [0.1, 0.15) is 29.0 Å². The third kappa shape index (κ3) is 3.61. The number of halogens is 1. The molecule has 0 spiro atoms. The van der Waals surface area contributed by atoms with Gasteiger partial charge in [0.1, 0.15) is 11.1 Å². The molecule has 4 rings (SSSR count). The minimum absolute atomic E-state index is 0.0661. The Labute approximate surface area is 167 Å². The van der Waals surface area contributed by atoms with Gasteiger partial charge in [0.2, 0.25) is 11.0 Å². The molecule has 27 heavy (non-hydrogen) atoms. The molecule has 0 saturated carbocycles. The molecule has 0 aliphatic carbocycles. The van der Waals surface area contributed by atoms with Crippen molar-refractivity contribution in [3.05, 3.63) is 39.5 Å². The summed E-state index contributed by atoms with van der Waals surface area (Å²) in [5, 5.41) is 11.7. The summed E-state index contributed by atoms with van der Waals surface area (Å²) in [6.07, 6.45) is 1.22. The Hall–Kier alpha value is -2.26. The maximum Gasteiger partial charge on any atom is 0.289 e. The fourth-order valence-corrected chi connectivity index (χ4v) is 4.13. The topological polar surface area (TPSA) is 88.3 Å². The number of aromatic nitrogens is 2. The van der Waals surface area contributed by atoms with Crippen LogP contribution in [0.3, 0.4) is 0 Å². The highest BCUT2D eigenvalue weighted by atomic mass is 79.9. The van der Waals surface area contributed by atoms with E-state index in [9.17, 15) is 9.59 Å². The van der Waals surface area contributed by atoms with Crippen molar-refractivity contribution >= 4 is 55.2 Å². The lowest BCUT2D eigenvalue weighted by atomic mass is 9.95. The Morgan fingerprint density at radius 1 is 1.33 bits per heavy atom. The molecular weight excluding hydrogens is 432 g/mol. The van der Waals surface area contributed by atoms with Gasteiger partial charge in [-0.3, -0.25) is 9.59 Å². The van der Waals surface area contributed by atoms with Crippen molar-refractivity contribution in [1.82, 2.24) is 15.1 Å². The van der Waals surface area contributed by atoms with Crippen molar-refractivity contribution in [3.63, 3.8) is 0 Å². The van der Waals surface area contributed by atoms with E-state index in [-0.39, 0.29) is 17.7 Å². The molecule has 1 fully saturated rings. The molecule has 1 N–H and O–H groups in total. The lowest BCUT2D eigenvalue weighted by Crippen LogP contribution is -2.41. The van der Waals surface area contributed by atoms with Crippen molar-refractivity contribution in [3.8, 4) is 0 Å². The van der Waals surface area contributed by atoms with Gasteiger partial charge in [-0.05, 0) is 38.0 Å². The number of furan rings is 1. The Bertz CT molecular complexity index is 994. The molecule has 3 aromatic rings. The number of carbonyl (C=O) groups excluding carboxylic acids is 2. The van der Waals surface area contributed by atoms with Gasteiger partial charge in [0, 0.05) is 34.4 Å². The van der Waals surface area contributed by atoms with E-state index >= 15 is 0 Å². The number of benzene rings is 1. The number of rotatable bonds is 3. The zero-order valence-electron chi connectivity index (χ0n) is 14.6. The molecule has 0 atom stereocenters. The summed E-state index contributed by atoms with van der Waals surface area (Å²) in [4.78, 5) is 27.0.